The molecule has 148 valence electrons. The van der Waals surface area contributed by atoms with Crippen LogP contribution in [0.5, 0.6) is 0 Å². The zero-order valence-electron chi connectivity index (χ0n) is 16.2. The predicted octanol–water partition coefficient (Wildman–Crippen LogP) is 3.94. The first kappa shape index (κ1) is 19.5. The van der Waals surface area contributed by atoms with Crippen LogP contribution < -0.4 is 0 Å². The van der Waals surface area contributed by atoms with E-state index < -0.39 is 0 Å². The molecule has 2 aliphatic heterocycles. The molecule has 0 atom stereocenters. The molecule has 2 aromatic rings. The SMILES string of the molecule is N#Cc1ccccc1Sc1ccccc1C(=O)N1CCC(N2CCCC2=O)CC1. The van der Waals surface area contributed by atoms with Crippen LogP contribution in [0.4, 0.5) is 0 Å². The quantitative estimate of drug-likeness (QED) is 0.773. The molecule has 2 aliphatic rings. The molecule has 0 unspecified atom stereocenters. The second-order valence-electron chi connectivity index (χ2n) is 7.42. The van der Waals surface area contributed by atoms with Crippen molar-refractivity contribution in [3.8, 4) is 6.07 Å². The first-order valence-electron chi connectivity index (χ1n) is 10.0. The van der Waals surface area contributed by atoms with Crippen molar-refractivity contribution < 1.29 is 9.59 Å². The van der Waals surface area contributed by atoms with Crippen molar-refractivity contribution in [2.45, 2.75) is 41.5 Å². The highest BCUT2D eigenvalue weighted by atomic mass is 32.2. The van der Waals surface area contributed by atoms with Crippen LogP contribution in [0.25, 0.3) is 0 Å². The van der Waals surface area contributed by atoms with Gasteiger partial charge in [0.25, 0.3) is 5.91 Å². The molecule has 0 saturated carbocycles. The highest BCUT2D eigenvalue weighted by Crippen LogP contribution is 2.33. The molecule has 0 bridgehead atoms. The Labute approximate surface area is 175 Å². The van der Waals surface area contributed by atoms with Gasteiger partial charge in [0, 0.05) is 41.9 Å². The Bertz CT molecular complexity index is 961. The van der Waals surface area contributed by atoms with Crippen LogP contribution in [0.1, 0.15) is 41.6 Å². The van der Waals surface area contributed by atoms with Gasteiger partial charge >= 0.3 is 0 Å². The van der Waals surface area contributed by atoms with E-state index in [0.29, 0.717) is 30.6 Å². The average molecular weight is 406 g/mol. The van der Waals surface area contributed by atoms with Crippen LogP contribution >= 0.6 is 11.8 Å². The molecule has 6 heteroatoms. The summed E-state index contributed by atoms with van der Waals surface area (Å²) in [6.45, 7) is 2.19. The minimum Gasteiger partial charge on any atom is -0.340 e. The van der Waals surface area contributed by atoms with Crippen molar-refractivity contribution in [1.82, 2.24) is 9.80 Å². The number of piperidine rings is 1. The Morgan fingerprint density at radius 3 is 2.38 bits per heavy atom. The molecule has 0 N–H and O–H groups in total. The Kier molecular flexibility index (Phi) is 5.86. The predicted molar refractivity (Wildman–Crippen MR) is 112 cm³/mol. The number of amides is 2. The summed E-state index contributed by atoms with van der Waals surface area (Å²) in [5, 5.41) is 9.35. The first-order valence-corrected chi connectivity index (χ1v) is 10.8. The van der Waals surface area contributed by atoms with Gasteiger partial charge in [-0.25, -0.2) is 0 Å². The van der Waals surface area contributed by atoms with Crippen LogP contribution in [-0.4, -0.2) is 47.3 Å². The molecule has 29 heavy (non-hydrogen) atoms. The molecule has 2 aromatic carbocycles. The van der Waals surface area contributed by atoms with Gasteiger partial charge in [0.2, 0.25) is 5.91 Å². The number of hydrogen-bond donors (Lipinski definition) is 0. The lowest BCUT2D eigenvalue weighted by Gasteiger charge is -2.37. The Morgan fingerprint density at radius 1 is 1.00 bits per heavy atom. The Morgan fingerprint density at radius 2 is 1.69 bits per heavy atom. The molecular formula is C23H23N3O2S. The normalized spacial score (nSPS) is 17.4. The number of hydrogen-bond acceptors (Lipinski definition) is 4. The molecule has 5 nitrogen and oxygen atoms in total. The summed E-state index contributed by atoms with van der Waals surface area (Å²) in [5.74, 6) is 0.279. The summed E-state index contributed by atoms with van der Waals surface area (Å²) < 4.78 is 0. The van der Waals surface area contributed by atoms with E-state index in [1.54, 1.807) is 6.07 Å². The number of benzene rings is 2. The van der Waals surface area contributed by atoms with Gasteiger partial charge in [-0.05, 0) is 43.5 Å². The van der Waals surface area contributed by atoms with Gasteiger partial charge in [0.15, 0.2) is 0 Å². The molecule has 2 fully saturated rings. The minimum atomic E-state index is 0.0220. The van der Waals surface area contributed by atoms with E-state index in [9.17, 15) is 14.9 Å². The minimum absolute atomic E-state index is 0.0220. The topological polar surface area (TPSA) is 64.4 Å². The summed E-state index contributed by atoms with van der Waals surface area (Å²) >= 11 is 1.46. The molecular weight excluding hydrogens is 382 g/mol. The smallest absolute Gasteiger partial charge is 0.255 e. The summed E-state index contributed by atoms with van der Waals surface area (Å²) in [5.41, 5.74) is 1.27. The highest BCUT2D eigenvalue weighted by Gasteiger charge is 2.32. The van der Waals surface area contributed by atoms with Crippen molar-refractivity contribution in [3.63, 3.8) is 0 Å². The number of nitriles is 1. The fourth-order valence-corrected chi connectivity index (χ4v) is 5.12. The molecule has 2 heterocycles. The van der Waals surface area contributed by atoms with E-state index in [4.69, 9.17) is 0 Å². The van der Waals surface area contributed by atoms with Crippen molar-refractivity contribution in [2.24, 2.45) is 0 Å². The summed E-state index contributed by atoms with van der Waals surface area (Å²) in [4.78, 5) is 30.8. The lowest BCUT2D eigenvalue weighted by atomic mass is 10.0. The van der Waals surface area contributed by atoms with Gasteiger partial charge in [0.1, 0.15) is 6.07 Å². The zero-order chi connectivity index (χ0) is 20.2. The number of likely N-dealkylation sites (tertiary alicyclic amines) is 2. The van der Waals surface area contributed by atoms with Crippen molar-refractivity contribution in [2.75, 3.05) is 19.6 Å². The molecule has 0 aliphatic carbocycles. The third kappa shape index (κ3) is 4.15. The lowest BCUT2D eigenvalue weighted by Crippen LogP contribution is -2.47. The van der Waals surface area contributed by atoms with E-state index in [-0.39, 0.29) is 17.9 Å². The number of carbonyl (C=O) groups excluding carboxylic acids is 2. The fraction of sp³-hybridized carbons (Fsp3) is 0.348. The second-order valence-corrected chi connectivity index (χ2v) is 8.50. The van der Waals surface area contributed by atoms with E-state index in [2.05, 4.69) is 6.07 Å². The second kappa shape index (κ2) is 8.71. The van der Waals surface area contributed by atoms with E-state index in [1.165, 1.54) is 11.8 Å². The lowest BCUT2D eigenvalue weighted by molar-refractivity contribution is -0.130. The summed E-state index contributed by atoms with van der Waals surface area (Å²) in [6, 6.07) is 17.5. The fourth-order valence-electron chi connectivity index (χ4n) is 4.10. The first-order chi connectivity index (χ1) is 14.2. The van der Waals surface area contributed by atoms with E-state index in [0.717, 1.165) is 35.6 Å². The molecule has 0 spiro atoms. The Balaban J connectivity index is 1.47. The zero-order valence-corrected chi connectivity index (χ0v) is 17.0. The van der Waals surface area contributed by atoms with Crippen molar-refractivity contribution >= 4 is 23.6 Å². The van der Waals surface area contributed by atoms with Gasteiger partial charge in [-0.15, -0.1) is 0 Å². The van der Waals surface area contributed by atoms with Gasteiger partial charge in [0.05, 0.1) is 11.1 Å². The third-order valence-corrected chi connectivity index (χ3v) is 6.80. The number of rotatable bonds is 4. The van der Waals surface area contributed by atoms with Crippen LogP contribution in [0.2, 0.25) is 0 Å². The van der Waals surface area contributed by atoms with Crippen LogP contribution in [-0.2, 0) is 4.79 Å². The molecule has 2 saturated heterocycles. The molecule has 0 radical (unpaired) electrons. The van der Waals surface area contributed by atoms with Crippen LogP contribution in [0.15, 0.2) is 58.3 Å². The van der Waals surface area contributed by atoms with Gasteiger partial charge in [-0.2, -0.15) is 5.26 Å². The van der Waals surface area contributed by atoms with Crippen LogP contribution in [0.3, 0.4) is 0 Å². The average Bonchev–Trinajstić information content (AvgIpc) is 3.20. The van der Waals surface area contributed by atoms with Crippen molar-refractivity contribution in [1.29, 1.82) is 5.26 Å². The van der Waals surface area contributed by atoms with Crippen molar-refractivity contribution in [3.05, 3.63) is 59.7 Å². The summed E-state index contributed by atoms with van der Waals surface area (Å²) in [7, 11) is 0. The Hall–Kier alpha value is -2.78. The molecule has 0 aromatic heterocycles. The van der Waals surface area contributed by atoms with Gasteiger partial charge in [-0.3, -0.25) is 9.59 Å². The monoisotopic (exact) mass is 405 g/mol. The number of nitrogens with zero attached hydrogens (tertiary/aromatic N) is 3. The standard InChI is InChI=1S/C23H23N3O2S/c24-16-17-6-1-3-8-20(17)29-21-9-4-2-7-19(21)23(28)25-14-11-18(12-15-25)26-13-5-10-22(26)27/h1-4,6-9,18H,5,10-15H2. The summed E-state index contributed by atoms with van der Waals surface area (Å²) in [6.07, 6.45) is 3.29. The van der Waals surface area contributed by atoms with Gasteiger partial charge in [-0.1, -0.05) is 36.0 Å². The molecule has 4 rings (SSSR count). The maximum Gasteiger partial charge on any atom is 0.255 e. The maximum absolute atomic E-state index is 13.2. The van der Waals surface area contributed by atoms with Crippen LogP contribution in [0, 0.1) is 11.3 Å². The largest absolute Gasteiger partial charge is 0.340 e. The molecule has 2 amide bonds. The van der Waals surface area contributed by atoms with Gasteiger partial charge < -0.3 is 9.80 Å². The van der Waals surface area contributed by atoms with E-state index >= 15 is 0 Å². The maximum atomic E-state index is 13.2. The number of carbonyl (C=O) groups is 2. The third-order valence-electron chi connectivity index (χ3n) is 5.65. The highest BCUT2D eigenvalue weighted by molar-refractivity contribution is 7.99. The van der Waals surface area contributed by atoms with E-state index in [1.807, 2.05) is 52.3 Å².